The van der Waals surface area contributed by atoms with E-state index in [1.165, 1.54) is 0 Å². The van der Waals surface area contributed by atoms with Crippen LogP contribution in [0.4, 0.5) is 5.69 Å². The van der Waals surface area contributed by atoms with Crippen molar-refractivity contribution in [1.82, 2.24) is 5.32 Å². The SMILES string of the molecule is CN(C)c1cccc(C(=O)Oc2ccccc2C(=O)NC2CCCC2)c1. The van der Waals surface area contributed by atoms with Gasteiger partial charge < -0.3 is 15.0 Å². The maximum atomic E-state index is 12.6. The number of carbonyl (C=O) groups excluding carboxylic acids is 2. The molecule has 0 aliphatic heterocycles. The molecule has 1 saturated carbocycles. The molecule has 5 heteroatoms. The highest BCUT2D eigenvalue weighted by Crippen LogP contribution is 2.23. The molecule has 1 aliphatic carbocycles. The van der Waals surface area contributed by atoms with E-state index in [2.05, 4.69) is 5.32 Å². The fourth-order valence-electron chi connectivity index (χ4n) is 3.15. The van der Waals surface area contributed by atoms with Crippen molar-refractivity contribution in [2.75, 3.05) is 19.0 Å². The number of nitrogens with zero attached hydrogens (tertiary/aromatic N) is 1. The maximum absolute atomic E-state index is 12.6. The van der Waals surface area contributed by atoms with Crippen LogP contribution in [0, 0.1) is 0 Å². The van der Waals surface area contributed by atoms with Gasteiger partial charge in [0.15, 0.2) is 0 Å². The normalized spacial score (nSPS) is 14.1. The van der Waals surface area contributed by atoms with Crippen molar-refractivity contribution < 1.29 is 14.3 Å². The first-order chi connectivity index (χ1) is 12.5. The molecule has 0 atom stereocenters. The van der Waals surface area contributed by atoms with Crippen LogP contribution in [-0.2, 0) is 0 Å². The molecule has 0 aromatic heterocycles. The Morgan fingerprint density at radius 3 is 2.50 bits per heavy atom. The monoisotopic (exact) mass is 352 g/mol. The summed E-state index contributed by atoms with van der Waals surface area (Å²) in [6.45, 7) is 0. The molecule has 2 aromatic rings. The fourth-order valence-corrected chi connectivity index (χ4v) is 3.15. The Morgan fingerprint density at radius 1 is 1.04 bits per heavy atom. The van der Waals surface area contributed by atoms with Crippen molar-refractivity contribution >= 4 is 17.6 Å². The van der Waals surface area contributed by atoms with Gasteiger partial charge >= 0.3 is 5.97 Å². The number of rotatable bonds is 5. The van der Waals surface area contributed by atoms with Gasteiger partial charge in [-0.25, -0.2) is 4.79 Å². The number of anilines is 1. The molecule has 0 radical (unpaired) electrons. The zero-order valence-electron chi connectivity index (χ0n) is 15.2. The number of amides is 1. The van der Waals surface area contributed by atoms with E-state index in [0.29, 0.717) is 11.1 Å². The average molecular weight is 352 g/mol. The quantitative estimate of drug-likeness (QED) is 0.659. The minimum Gasteiger partial charge on any atom is -0.422 e. The molecule has 1 amide bonds. The van der Waals surface area contributed by atoms with Crippen molar-refractivity contribution in [3.05, 3.63) is 59.7 Å². The molecule has 136 valence electrons. The Bertz CT molecular complexity index is 795. The molecule has 1 fully saturated rings. The second-order valence-corrected chi connectivity index (χ2v) is 6.79. The van der Waals surface area contributed by atoms with E-state index in [1.54, 1.807) is 36.4 Å². The molecule has 0 spiro atoms. The van der Waals surface area contributed by atoms with Gasteiger partial charge in [-0.15, -0.1) is 0 Å². The first kappa shape index (κ1) is 18.0. The van der Waals surface area contributed by atoms with Crippen LogP contribution >= 0.6 is 0 Å². The Morgan fingerprint density at radius 2 is 1.77 bits per heavy atom. The summed E-state index contributed by atoms with van der Waals surface area (Å²) in [7, 11) is 3.82. The van der Waals surface area contributed by atoms with Crippen LogP contribution in [0.3, 0.4) is 0 Å². The molecule has 26 heavy (non-hydrogen) atoms. The Hall–Kier alpha value is -2.82. The molecule has 0 saturated heterocycles. The van der Waals surface area contributed by atoms with Crippen molar-refractivity contribution in [2.24, 2.45) is 0 Å². The third-order valence-electron chi connectivity index (χ3n) is 4.62. The number of nitrogens with one attached hydrogen (secondary N) is 1. The number of ether oxygens (including phenoxy) is 1. The van der Waals surface area contributed by atoms with Crippen LogP contribution < -0.4 is 15.0 Å². The molecule has 1 aliphatic rings. The Balaban J connectivity index is 1.76. The van der Waals surface area contributed by atoms with E-state index < -0.39 is 5.97 Å². The smallest absolute Gasteiger partial charge is 0.343 e. The lowest BCUT2D eigenvalue weighted by Gasteiger charge is -2.15. The van der Waals surface area contributed by atoms with E-state index in [9.17, 15) is 9.59 Å². The Labute approximate surface area is 154 Å². The number of para-hydroxylation sites is 1. The third kappa shape index (κ3) is 4.23. The van der Waals surface area contributed by atoms with Gasteiger partial charge in [0, 0.05) is 25.8 Å². The van der Waals surface area contributed by atoms with Crippen molar-refractivity contribution in [2.45, 2.75) is 31.7 Å². The number of carbonyl (C=O) groups is 2. The highest BCUT2D eigenvalue weighted by Gasteiger charge is 2.21. The summed E-state index contributed by atoms with van der Waals surface area (Å²) in [6.07, 6.45) is 4.30. The number of benzene rings is 2. The molecule has 1 N–H and O–H groups in total. The molecule has 0 unspecified atom stereocenters. The topological polar surface area (TPSA) is 58.6 Å². The minimum atomic E-state index is -0.477. The summed E-state index contributed by atoms with van der Waals surface area (Å²) in [6, 6.07) is 14.3. The van der Waals surface area contributed by atoms with Crippen LogP contribution in [0.25, 0.3) is 0 Å². The molecular weight excluding hydrogens is 328 g/mol. The lowest BCUT2D eigenvalue weighted by molar-refractivity contribution is 0.0732. The van der Waals surface area contributed by atoms with E-state index in [1.807, 2.05) is 31.1 Å². The third-order valence-corrected chi connectivity index (χ3v) is 4.62. The van der Waals surface area contributed by atoms with E-state index in [0.717, 1.165) is 31.4 Å². The second kappa shape index (κ2) is 8.04. The van der Waals surface area contributed by atoms with Crippen LogP contribution in [0.5, 0.6) is 5.75 Å². The number of esters is 1. The minimum absolute atomic E-state index is 0.192. The first-order valence-corrected chi connectivity index (χ1v) is 8.94. The lowest BCUT2D eigenvalue weighted by atomic mass is 10.1. The molecule has 2 aromatic carbocycles. The van der Waals surface area contributed by atoms with E-state index >= 15 is 0 Å². The van der Waals surface area contributed by atoms with Crippen molar-refractivity contribution in [3.8, 4) is 5.75 Å². The fraction of sp³-hybridized carbons (Fsp3) is 0.333. The van der Waals surface area contributed by atoms with Gasteiger partial charge in [-0.05, 0) is 43.2 Å². The van der Waals surface area contributed by atoms with Crippen LogP contribution in [0.1, 0.15) is 46.4 Å². The van der Waals surface area contributed by atoms with Gasteiger partial charge in [-0.2, -0.15) is 0 Å². The van der Waals surface area contributed by atoms with Crippen molar-refractivity contribution in [1.29, 1.82) is 0 Å². The lowest BCUT2D eigenvalue weighted by Crippen LogP contribution is -2.33. The molecular formula is C21H24N2O3. The van der Waals surface area contributed by atoms with E-state index in [-0.39, 0.29) is 17.7 Å². The highest BCUT2D eigenvalue weighted by molar-refractivity contribution is 5.99. The first-order valence-electron chi connectivity index (χ1n) is 8.94. The molecule has 0 bridgehead atoms. The van der Waals surface area contributed by atoms with E-state index in [4.69, 9.17) is 4.74 Å². The molecule has 5 nitrogen and oxygen atoms in total. The molecule has 3 rings (SSSR count). The molecule has 0 heterocycles. The van der Waals surface area contributed by atoms with Crippen LogP contribution in [0.2, 0.25) is 0 Å². The summed E-state index contributed by atoms with van der Waals surface area (Å²) in [5, 5.41) is 3.04. The predicted molar refractivity (Wildman–Crippen MR) is 102 cm³/mol. The van der Waals surface area contributed by atoms with Gasteiger partial charge in [-0.3, -0.25) is 4.79 Å². The summed E-state index contributed by atoms with van der Waals surface area (Å²) in [5.41, 5.74) is 1.74. The van der Waals surface area contributed by atoms with Crippen LogP contribution in [0.15, 0.2) is 48.5 Å². The summed E-state index contributed by atoms with van der Waals surface area (Å²) in [4.78, 5) is 27.0. The highest BCUT2D eigenvalue weighted by atomic mass is 16.5. The zero-order valence-corrected chi connectivity index (χ0v) is 15.2. The second-order valence-electron chi connectivity index (χ2n) is 6.79. The van der Waals surface area contributed by atoms with Gasteiger partial charge in [-0.1, -0.05) is 31.0 Å². The zero-order chi connectivity index (χ0) is 18.5. The maximum Gasteiger partial charge on any atom is 0.343 e. The summed E-state index contributed by atoms with van der Waals surface area (Å²) < 4.78 is 5.53. The standard InChI is InChI=1S/C21H24N2O3/c1-23(2)17-11-7-8-15(14-17)21(25)26-19-13-6-5-12-18(19)20(24)22-16-9-3-4-10-16/h5-8,11-14,16H,3-4,9-10H2,1-2H3,(H,22,24). The largest absolute Gasteiger partial charge is 0.422 e. The van der Waals surface area contributed by atoms with Crippen LogP contribution in [-0.4, -0.2) is 32.0 Å². The van der Waals surface area contributed by atoms with Gasteiger partial charge in [0.05, 0.1) is 11.1 Å². The van der Waals surface area contributed by atoms with Crippen molar-refractivity contribution in [3.63, 3.8) is 0 Å². The summed E-state index contributed by atoms with van der Waals surface area (Å²) in [5.74, 6) is -0.389. The summed E-state index contributed by atoms with van der Waals surface area (Å²) >= 11 is 0. The number of hydrogen-bond donors (Lipinski definition) is 1. The Kier molecular flexibility index (Phi) is 5.56. The predicted octanol–water partition coefficient (Wildman–Crippen LogP) is 3.64. The number of hydrogen-bond acceptors (Lipinski definition) is 4. The van der Waals surface area contributed by atoms with Gasteiger partial charge in [0.25, 0.3) is 5.91 Å². The average Bonchev–Trinajstić information content (AvgIpc) is 3.15. The van der Waals surface area contributed by atoms with Gasteiger partial charge in [0.2, 0.25) is 0 Å². The van der Waals surface area contributed by atoms with Gasteiger partial charge in [0.1, 0.15) is 5.75 Å².